The summed E-state index contributed by atoms with van der Waals surface area (Å²) >= 11 is 0. The highest BCUT2D eigenvalue weighted by molar-refractivity contribution is 5.78. The van der Waals surface area contributed by atoms with Gasteiger partial charge in [-0.2, -0.15) is 0 Å². The van der Waals surface area contributed by atoms with Gasteiger partial charge in [-0.05, 0) is 12.5 Å². The van der Waals surface area contributed by atoms with E-state index < -0.39 is 5.60 Å². The molecule has 128 valence electrons. The number of benzene rings is 1. The molecule has 2 N–H and O–H groups in total. The van der Waals surface area contributed by atoms with E-state index in [4.69, 9.17) is 4.74 Å². The Labute approximate surface area is 141 Å². The van der Waals surface area contributed by atoms with Crippen LogP contribution in [0.1, 0.15) is 16.8 Å². The van der Waals surface area contributed by atoms with Gasteiger partial charge in [0.05, 0.1) is 32.5 Å². The molecule has 1 aliphatic heterocycles. The maximum atomic E-state index is 12.5. The quantitative estimate of drug-likeness (QED) is 0.861. The molecule has 6 heteroatoms. The number of nitrogens with one attached hydrogen (secondary N) is 1. The minimum atomic E-state index is -0.739. The topological polar surface area (TPSA) is 78.5 Å². The Kier molecular flexibility index (Phi) is 4.97. The smallest absolute Gasteiger partial charge is 0.228 e. The summed E-state index contributed by atoms with van der Waals surface area (Å²) in [7, 11) is 0. The number of morpholine rings is 1. The number of carbonyl (C=O) groups is 1. The minimum absolute atomic E-state index is 0.0179. The van der Waals surface area contributed by atoms with Gasteiger partial charge in [0.15, 0.2) is 0 Å². The first-order chi connectivity index (χ1) is 11.6. The van der Waals surface area contributed by atoms with Gasteiger partial charge in [0.1, 0.15) is 5.60 Å². The third-order valence-corrected chi connectivity index (χ3v) is 4.43. The van der Waals surface area contributed by atoms with Gasteiger partial charge < -0.3 is 19.7 Å². The monoisotopic (exact) mass is 329 g/mol. The zero-order chi connectivity index (χ0) is 17.0. The van der Waals surface area contributed by atoms with E-state index in [-0.39, 0.29) is 18.9 Å². The molecule has 3 rings (SSSR count). The normalized spacial score (nSPS) is 21.0. The van der Waals surface area contributed by atoms with Gasteiger partial charge in [-0.25, -0.2) is 4.98 Å². The second-order valence-corrected chi connectivity index (χ2v) is 6.42. The Morgan fingerprint density at radius 3 is 2.88 bits per heavy atom. The number of aliphatic hydroxyl groups excluding tert-OH is 1. The molecule has 0 bridgehead atoms. The third kappa shape index (κ3) is 3.83. The van der Waals surface area contributed by atoms with Crippen molar-refractivity contribution >= 4 is 5.91 Å². The summed E-state index contributed by atoms with van der Waals surface area (Å²) in [5, 5.41) is 9.93. The van der Waals surface area contributed by atoms with Gasteiger partial charge in [-0.1, -0.05) is 29.8 Å². The van der Waals surface area contributed by atoms with Crippen LogP contribution in [0.25, 0.3) is 0 Å². The first-order valence-corrected chi connectivity index (χ1v) is 8.16. The number of carbonyl (C=O) groups excluding carboxylic acids is 1. The van der Waals surface area contributed by atoms with Crippen molar-refractivity contribution in [2.24, 2.45) is 0 Å². The van der Waals surface area contributed by atoms with Gasteiger partial charge in [-0.15, -0.1) is 0 Å². The second-order valence-electron chi connectivity index (χ2n) is 6.42. The standard InChI is InChI=1S/C18H23N3O3/c1-14-2-4-15(5-3-14)9-18(12-22)11-21(6-7-24-18)17(23)8-16-10-19-13-20-16/h2-5,10,13,22H,6-9,11-12H2,1H3,(H,19,20)/t18-/m0/s1. The van der Waals surface area contributed by atoms with Crippen molar-refractivity contribution in [2.75, 3.05) is 26.3 Å². The van der Waals surface area contributed by atoms with Crippen molar-refractivity contribution in [1.82, 2.24) is 14.9 Å². The molecular formula is C18H23N3O3. The third-order valence-electron chi connectivity index (χ3n) is 4.43. The van der Waals surface area contributed by atoms with Gasteiger partial charge in [0, 0.05) is 24.9 Å². The van der Waals surface area contributed by atoms with Crippen LogP contribution in [0.5, 0.6) is 0 Å². The fourth-order valence-corrected chi connectivity index (χ4v) is 3.05. The van der Waals surface area contributed by atoms with E-state index in [2.05, 4.69) is 9.97 Å². The zero-order valence-corrected chi connectivity index (χ0v) is 13.9. The number of aromatic amines is 1. The van der Waals surface area contributed by atoms with Gasteiger partial charge in [-0.3, -0.25) is 4.79 Å². The van der Waals surface area contributed by atoms with Crippen molar-refractivity contribution in [3.05, 3.63) is 53.6 Å². The highest BCUT2D eigenvalue weighted by atomic mass is 16.5. The molecule has 0 aliphatic carbocycles. The summed E-state index contributed by atoms with van der Waals surface area (Å²) in [6.07, 6.45) is 4.09. The molecule has 0 saturated carbocycles. The lowest BCUT2D eigenvalue weighted by atomic mass is 9.92. The number of hydrogen-bond donors (Lipinski definition) is 2. The lowest BCUT2D eigenvalue weighted by molar-refractivity contribution is -0.157. The molecule has 0 spiro atoms. The number of hydrogen-bond acceptors (Lipinski definition) is 4. The molecule has 0 unspecified atom stereocenters. The number of rotatable bonds is 5. The number of nitrogens with zero attached hydrogens (tertiary/aromatic N) is 2. The summed E-state index contributed by atoms with van der Waals surface area (Å²) in [5.41, 5.74) is 2.34. The van der Waals surface area contributed by atoms with E-state index in [1.165, 1.54) is 5.56 Å². The molecule has 1 aliphatic rings. The van der Waals surface area contributed by atoms with Gasteiger partial charge in [0.25, 0.3) is 0 Å². The van der Waals surface area contributed by atoms with Crippen LogP contribution >= 0.6 is 0 Å². The highest BCUT2D eigenvalue weighted by Crippen LogP contribution is 2.24. The van der Waals surface area contributed by atoms with Crippen molar-refractivity contribution in [3.63, 3.8) is 0 Å². The van der Waals surface area contributed by atoms with Gasteiger partial charge >= 0.3 is 0 Å². The molecule has 1 fully saturated rings. The van der Waals surface area contributed by atoms with Crippen LogP contribution in [0.2, 0.25) is 0 Å². The maximum absolute atomic E-state index is 12.5. The van der Waals surface area contributed by atoms with Gasteiger partial charge in [0.2, 0.25) is 5.91 Å². The summed E-state index contributed by atoms with van der Waals surface area (Å²) in [6.45, 7) is 3.29. The Bertz CT molecular complexity index is 669. The Morgan fingerprint density at radius 1 is 1.42 bits per heavy atom. The Balaban J connectivity index is 1.69. The summed E-state index contributed by atoms with van der Waals surface area (Å²) < 4.78 is 5.90. The second kappa shape index (κ2) is 7.15. The van der Waals surface area contributed by atoms with E-state index >= 15 is 0 Å². The first-order valence-electron chi connectivity index (χ1n) is 8.16. The molecule has 1 aromatic carbocycles. The average Bonchev–Trinajstić information content (AvgIpc) is 3.10. The minimum Gasteiger partial charge on any atom is -0.393 e. The molecule has 2 heterocycles. The summed E-state index contributed by atoms with van der Waals surface area (Å²) in [4.78, 5) is 21.2. The number of H-pyrrole nitrogens is 1. The van der Waals surface area contributed by atoms with Crippen LogP contribution in [-0.4, -0.2) is 57.8 Å². The molecule has 24 heavy (non-hydrogen) atoms. The molecule has 1 saturated heterocycles. The van der Waals surface area contributed by atoms with Crippen LogP contribution in [0, 0.1) is 6.92 Å². The number of aromatic nitrogens is 2. The Hall–Kier alpha value is -2.18. The molecule has 2 aromatic rings. The molecule has 6 nitrogen and oxygen atoms in total. The SMILES string of the molecule is Cc1ccc(C[C@@]2(CO)CN(C(=O)Cc3cnc[nH]3)CCO2)cc1. The number of amides is 1. The molecule has 0 radical (unpaired) electrons. The number of imidazole rings is 1. The van der Waals surface area contributed by atoms with E-state index in [1.54, 1.807) is 17.4 Å². The van der Waals surface area contributed by atoms with Crippen molar-refractivity contribution in [2.45, 2.75) is 25.4 Å². The lowest BCUT2D eigenvalue weighted by Crippen LogP contribution is -2.57. The first kappa shape index (κ1) is 16.7. The summed E-state index contributed by atoms with van der Waals surface area (Å²) in [6, 6.07) is 8.18. The highest BCUT2D eigenvalue weighted by Gasteiger charge is 2.38. The zero-order valence-electron chi connectivity index (χ0n) is 13.9. The fraction of sp³-hybridized carbons (Fsp3) is 0.444. The van der Waals surface area contributed by atoms with Crippen LogP contribution < -0.4 is 0 Å². The van der Waals surface area contributed by atoms with E-state index in [0.29, 0.717) is 26.1 Å². The largest absolute Gasteiger partial charge is 0.393 e. The predicted octanol–water partition coefficient (Wildman–Crippen LogP) is 1.09. The number of ether oxygens (including phenoxy) is 1. The van der Waals surface area contributed by atoms with Crippen molar-refractivity contribution in [1.29, 1.82) is 0 Å². The number of aryl methyl sites for hydroxylation is 1. The molecular weight excluding hydrogens is 306 g/mol. The predicted molar refractivity (Wildman–Crippen MR) is 89.5 cm³/mol. The van der Waals surface area contributed by atoms with Crippen molar-refractivity contribution < 1.29 is 14.6 Å². The van der Waals surface area contributed by atoms with Crippen LogP contribution in [0.4, 0.5) is 0 Å². The van der Waals surface area contributed by atoms with E-state index in [9.17, 15) is 9.90 Å². The molecule has 1 aromatic heterocycles. The maximum Gasteiger partial charge on any atom is 0.228 e. The summed E-state index contributed by atoms with van der Waals surface area (Å²) in [5.74, 6) is 0.0179. The van der Waals surface area contributed by atoms with E-state index in [0.717, 1.165) is 11.3 Å². The number of aliphatic hydroxyl groups is 1. The van der Waals surface area contributed by atoms with Crippen molar-refractivity contribution in [3.8, 4) is 0 Å². The molecule has 1 amide bonds. The molecule has 1 atom stereocenters. The average molecular weight is 329 g/mol. The van der Waals surface area contributed by atoms with Crippen LogP contribution in [-0.2, 0) is 22.4 Å². The lowest BCUT2D eigenvalue weighted by Gasteiger charge is -2.42. The van der Waals surface area contributed by atoms with E-state index in [1.807, 2.05) is 31.2 Å². The van der Waals surface area contributed by atoms with Crippen LogP contribution in [0.15, 0.2) is 36.8 Å². The van der Waals surface area contributed by atoms with Crippen LogP contribution in [0.3, 0.4) is 0 Å². The Morgan fingerprint density at radius 2 is 2.21 bits per heavy atom. The fourth-order valence-electron chi connectivity index (χ4n) is 3.05.